The number of rotatable bonds is 2. The molecular weight excluding hydrogens is 367 g/mol. The van der Waals surface area contributed by atoms with Gasteiger partial charge in [0.2, 0.25) is 0 Å². The van der Waals surface area contributed by atoms with E-state index in [2.05, 4.69) is 39.7 Å². The standard InChI is InChI=1S/C6H5I.C5H6N2O3S/c7-6-4-2-1-3-5-6;8-11(9,10)7-5-3-1-2-4-6-5/h1-5H;1-4H,(H,6,7)(H,8,9,10). The van der Waals surface area contributed by atoms with Crippen LogP contribution < -0.4 is 4.72 Å². The summed E-state index contributed by atoms with van der Waals surface area (Å²) in [5.41, 5.74) is 0. The normalized spacial score (nSPS) is 10.1. The first kappa shape index (κ1) is 14.9. The largest absolute Gasteiger partial charge is 0.358 e. The van der Waals surface area contributed by atoms with Crippen molar-refractivity contribution in [2.45, 2.75) is 0 Å². The third kappa shape index (κ3) is 7.20. The van der Waals surface area contributed by atoms with Crippen LogP contribution in [0.1, 0.15) is 0 Å². The molecule has 0 radical (unpaired) electrons. The molecule has 96 valence electrons. The molecule has 0 amide bonds. The van der Waals surface area contributed by atoms with Crippen molar-refractivity contribution >= 4 is 38.7 Å². The molecule has 0 unspecified atom stereocenters. The van der Waals surface area contributed by atoms with Gasteiger partial charge >= 0.3 is 10.3 Å². The molecule has 0 fully saturated rings. The minimum absolute atomic E-state index is 0.0926. The lowest BCUT2D eigenvalue weighted by Gasteiger charge is -1.98. The van der Waals surface area contributed by atoms with Crippen LogP contribution in [0.15, 0.2) is 54.7 Å². The zero-order valence-corrected chi connectivity index (χ0v) is 12.2. The highest BCUT2D eigenvalue weighted by Crippen LogP contribution is 2.01. The number of benzene rings is 1. The van der Waals surface area contributed by atoms with E-state index in [1.165, 1.54) is 15.8 Å². The molecule has 0 saturated carbocycles. The Hall–Kier alpha value is -1.19. The van der Waals surface area contributed by atoms with Gasteiger partial charge in [-0.05, 0) is 46.9 Å². The molecule has 0 aliphatic rings. The second-order valence-corrected chi connectivity index (χ2v) is 5.49. The summed E-state index contributed by atoms with van der Waals surface area (Å²) in [6.07, 6.45) is 1.41. The van der Waals surface area contributed by atoms with E-state index in [0.29, 0.717) is 0 Å². The van der Waals surface area contributed by atoms with Crippen molar-refractivity contribution in [1.29, 1.82) is 0 Å². The summed E-state index contributed by atoms with van der Waals surface area (Å²) in [6.45, 7) is 0. The number of aromatic nitrogens is 1. The number of nitrogens with zero attached hydrogens (tertiary/aromatic N) is 1. The van der Waals surface area contributed by atoms with Crippen LogP contribution in [0.4, 0.5) is 5.82 Å². The lowest BCUT2D eigenvalue weighted by Crippen LogP contribution is -2.11. The summed E-state index contributed by atoms with van der Waals surface area (Å²) < 4.78 is 31.8. The van der Waals surface area contributed by atoms with Crippen LogP contribution in [0.25, 0.3) is 0 Å². The van der Waals surface area contributed by atoms with Gasteiger partial charge < -0.3 is 0 Å². The Labute approximate surface area is 119 Å². The van der Waals surface area contributed by atoms with Crippen LogP contribution in [-0.4, -0.2) is 18.0 Å². The maximum Gasteiger partial charge on any atom is 0.358 e. The molecule has 0 spiro atoms. The summed E-state index contributed by atoms with van der Waals surface area (Å²) in [5.74, 6) is 0.0926. The lowest BCUT2D eigenvalue weighted by atomic mass is 10.4. The number of hydrogen-bond acceptors (Lipinski definition) is 3. The van der Waals surface area contributed by atoms with Gasteiger partial charge in [0.15, 0.2) is 0 Å². The fourth-order valence-corrected chi connectivity index (χ4v) is 1.77. The highest BCUT2D eigenvalue weighted by atomic mass is 127. The van der Waals surface area contributed by atoms with Crippen molar-refractivity contribution in [2.24, 2.45) is 0 Å². The van der Waals surface area contributed by atoms with E-state index in [1.807, 2.05) is 18.2 Å². The van der Waals surface area contributed by atoms with E-state index in [-0.39, 0.29) is 5.82 Å². The number of halogens is 1. The number of hydrogen-bond donors (Lipinski definition) is 2. The monoisotopic (exact) mass is 378 g/mol. The van der Waals surface area contributed by atoms with Crippen LogP contribution in [-0.2, 0) is 10.3 Å². The van der Waals surface area contributed by atoms with Crippen LogP contribution in [0.3, 0.4) is 0 Å². The number of anilines is 1. The van der Waals surface area contributed by atoms with E-state index >= 15 is 0 Å². The summed E-state index contributed by atoms with van der Waals surface area (Å²) in [7, 11) is -4.19. The van der Waals surface area contributed by atoms with Gasteiger partial charge in [0.25, 0.3) is 0 Å². The molecule has 0 saturated heterocycles. The molecular formula is C11H11IN2O3S. The first-order chi connectivity index (χ1) is 8.47. The van der Waals surface area contributed by atoms with Gasteiger partial charge in [-0.15, -0.1) is 0 Å². The van der Waals surface area contributed by atoms with E-state index in [4.69, 9.17) is 4.55 Å². The summed E-state index contributed by atoms with van der Waals surface area (Å²) in [6, 6.07) is 14.9. The Morgan fingerprint density at radius 2 is 1.67 bits per heavy atom. The lowest BCUT2D eigenvalue weighted by molar-refractivity contribution is 0.489. The van der Waals surface area contributed by atoms with Crippen molar-refractivity contribution in [2.75, 3.05) is 4.72 Å². The molecule has 1 aromatic carbocycles. The SMILES string of the molecule is Ic1ccccc1.O=S(=O)(O)Nc1ccccn1. The van der Waals surface area contributed by atoms with E-state index < -0.39 is 10.3 Å². The molecule has 7 heteroatoms. The highest BCUT2D eigenvalue weighted by molar-refractivity contribution is 14.1. The molecule has 1 aromatic heterocycles. The molecule has 18 heavy (non-hydrogen) atoms. The maximum absolute atomic E-state index is 10.2. The average molecular weight is 378 g/mol. The van der Waals surface area contributed by atoms with Gasteiger partial charge in [0.05, 0.1) is 0 Å². The van der Waals surface area contributed by atoms with Crippen LogP contribution in [0.5, 0.6) is 0 Å². The van der Waals surface area contributed by atoms with E-state index in [9.17, 15) is 8.42 Å². The molecule has 0 atom stereocenters. The zero-order chi connectivity index (χ0) is 13.4. The van der Waals surface area contributed by atoms with E-state index in [0.717, 1.165) is 0 Å². The van der Waals surface area contributed by atoms with Crippen LogP contribution in [0, 0.1) is 3.57 Å². The number of pyridine rings is 1. The minimum Gasteiger partial charge on any atom is -0.269 e. The Morgan fingerprint density at radius 1 is 1.06 bits per heavy atom. The van der Waals surface area contributed by atoms with Crippen molar-refractivity contribution in [3.8, 4) is 0 Å². The van der Waals surface area contributed by atoms with Crippen molar-refractivity contribution in [1.82, 2.24) is 4.98 Å². The smallest absolute Gasteiger partial charge is 0.269 e. The first-order valence-corrected chi connectivity index (χ1v) is 7.36. The second-order valence-electron chi connectivity index (χ2n) is 3.09. The molecule has 2 N–H and O–H groups in total. The molecule has 2 aromatic rings. The molecule has 2 rings (SSSR count). The van der Waals surface area contributed by atoms with Crippen LogP contribution in [0.2, 0.25) is 0 Å². The second kappa shape index (κ2) is 7.29. The van der Waals surface area contributed by atoms with E-state index in [1.54, 1.807) is 16.9 Å². The van der Waals surface area contributed by atoms with Gasteiger partial charge in [-0.2, -0.15) is 8.42 Å². The highest BCUT2D eigenvalue weighted by Gasteiger charge is 2.02. The molecule has 1 heterocycles. The quantitative estimate of drug-likeness (QED) is 0.622. The Bertz CT molecular complexity index is 561. The Kier molecular flexibility index (Phi) is 6.02. The first-order valence-electron chi connectivity index (χ1n) is 4.84. The fourth-order valence-electron chi connectivity index (χ4n) is 0.970. The van der Waals surface area contributed by atoms with Gasteiger partial charge in [0, 0.05) is 9.77 Å². The predicted molar refractivity (Wildman–Crippen MR) is 78.6 cm³/mol. The third-order valence-electron chi connectivity index (χ3n) is 1.63. The molecule has 0 aliphatic carbocycles. The van der Waals surface area contributed by atoms with Gasteiger partial charge in [0.1, 0.15) is 5.82 Å². The third-order valence-corrected chi connectivity index (χ3v) is 2.82. The average Bonchev–Trinajstić information content (AvgIpc) is 2.30. The minimum atomic E-state index is -4.19. The molecule has 0 bridgehead atoms. The molecule has 0 aliphatic heterocycles. The zero-order valence-electron chi connectivity index (χ0n) is 9.19. The van der Waals surface area contributed by atoms with Crippen LogP contribution >= 0.6 is 22.6 Å². The maximum atomic E-state index is 10.2. The Balaban J connectivity index is 0.000000199. The fraction of sp³-hybridized carbons (Fsp3) is 0. The summed E-state index contributed by atoms with van der Waals surface area (Å²) >= 11 is 2.28. The van der Waals surface area contributed by atoms with Crippen molar-refractivity contribution in [3.05, 3.63) is 58.3 Å². The topological polar surface area (TPSA) is 79.3 Å². The molecule has 5 nitrogen and oxygen atoms in total. The van der Waals surface area contributed by atoms with Gasteiger partial charge in [-0.25, -0.2) is 9.71 Å². The summed E-state index contributed by atoms with van der Waals surface area (Å²) in [4.78, 5) is 3.61. The van der Waals surface area contributed by atoms with Gasteiger partial charge in [-0.1, -0.05) is 24.3 Å². The number of nitrogens with one attached hydrogen (secondary N) is 1. The van der Waals surface area contributed by atoms with Crippen molar-refractivity contribution < 1.29 is 13.0 Å². The Morgan fingerprint density at radius 3 is 2.06 bits per heavy atom. The summed E-state index contributed by atoms with van der Waals surface area (Å²) in [5, 5.41) is 0. The van der Waals surface area contributed by atoms with Gasteiger partial charge in [-0.3, -0.25) is 4.55 Å². The predicted octanol–water partition coefficient (Wildman–Crippen LogP) is 2.59. The van der Waals surface area contributed by atoms with Crippen molar-refractivity contribution in [3.63, 3.8) is 0 Å².